The number of carbonyl (C=O) groups excluding carboxylic acids is 1. The van der Waals surface area contributed by atoms with Crippen LogP contribution in [-0.4, -0.2) is 45.4 Å². The first kappa shape index (κ1) is 19.6. The van der Waals surface area contributed by atoms with E-state index in [9.17, 15) is 9.90 Å². The van der Waals surface area contributed by atoms with Crippen molar-refractivity contribution in [2.75, 3.05) is 13.6 Å². The van der Waals surface area contributed by atoms with Crippen LogP contribution in [0, 0.1) is 5.92 Å². The lowest BCUT2D eigenvalue weighted by Gasteiger charge is -2.31. The van der Waals surface area contributed by atoms with Gasteiger partial charge in [0.1, 0.15) is 0 Å². The third kappa shape index (κ3) is 4.41. The Labute approximate surface area is 162 Å². The molecule has 0 saturated heterocycles. The van der Waals surface area contributed by atoms with Crippen molar-refractivity contribution in [3.05, 3.63) is 47.8 Å². The van der Waals surface area contributed by atoms with Crippen molar-refractivity contribution in [3.8, 4) is 5.69 Å². The molecule has 1 aliphatic rings. The molecule has 0 bridgehead atoms. The summed E-state index contributed by atoms with van der Waals surface area (Å²) < 4.78 is 1.79. The summed E-state index contributed by atoms with van der Waals surface area (Å²) in [6.07, 6.45) is 5.56. The SMILES string of the molecule is CN(C[C@H]1CCCC[C@H]1O)C(=O)c1cn(-c2ccccc2)nc1C(C)(C)C. The summed E-state index contributed by atoms with van der Waals surface area (Å²) in [7, 11) is 1.83. The molecule has 1 aromatic heterocycles. The summed E-state index contributed by atoms with van der Waals surface area (Å²) in [6.45, 7) is 6.81. The molecular formula is C22H31N3O2. The molecule has 1 fully saturated rings. The molecule has 0 aliphatic heterocycles. The van der Waals surface area contributed by atoms with Crippen LogP contribution in [0.4, 0.5) is 0 Å². The van der Waals surface area contributed by atoms with E-state index in [0.29, 0.717) is 12.1 Å². The minimum absolute atomic E-state index is 0.0279. The number of aromatic nitrogens is 2. The van der Waals surface area contributed by atoms with Crippen molar-refractivity contribution in [1.82, 2.24) is 14.7 Å². The maximum Gasteiger partial charge on any atom is 0.257 e. The van der Waals surface area contributed by atoms with Crippen LogP contribution < -0.4 is 0 Å². The van der Waals surface area contributed by atoms with Crippen molar-refractivity contribution >= 4 is 5.91 Å². The monoisotopic (exact) mass is 369 g/mol. The Morgan fingerprint density at radius 2 is 1.89 bits per heavy atom. The number of hydrogen-bond acceptors (Lipinski definition) is 3. The Morgan fingerprint density at radius 3 is 2.52 bits per heavy atom. The van der Waals surface area contributed by atoms with Crippen LogP contribution in [0.3, 0.4) is 0 Å². The van der Waals surface area contributed by atoms with E-state index in [0.717, 1.165) is 37.1 Å². The fourth-order valence-electron chi connectivity index (χ4n) is 3.84. The van der Waals surface area contributed by atoms with Gasteiger partial charge in [0.15, 0.2) is 0 Å². The summed E-state index contributed by atoms with van der Waals surface area (Å²) in [6, 6.07) is 9.86. The molecule has 2 aromatic rings. The van der Waals surface area contributed by atoms with Gasteiger partial charge < -0.3 is 10.0 Å². The number of aliphatic hydroxyl groups excluding tert-OH is 1. The molecule has 1 heterocycles. The number of benzene rings is 1. The first-order valence-corrected chi connectivity index (χ1v) is 9.86. The first-order valence-electron chi connectivity index (χ1n) is 9.86. The summed E-state index contributed by atoms with van der Waals surface area (Å²) >= 11 is 0. The van der Waals surface area contributed by atoms with Gasteiger partial charge in [0.2, 0.25) is 0 Å². The second-order valence-electron chi connectivity index (χ2n) is 8.72. The zero-order valence-electron chi connectivity index (χ0n) is 16.9. The van der Waals surface area contributed by atoms with Crippen molar-refractivity contribution in [2.45, 2.75) is 58.0 Å². The molecule has 0 radical (unpaired) electrons. The van der Waals surface area contributed by atoms with E-state index in [4.69, 9.17) is 5.10 Å². The maximum atomic E-state index is 13.2. The maximum absolute atomic E-state index is 13.2. The molecule has 0 spiro atoms. The van der Waals surface area contributed by atoms with Gasteiger partial charge in [-0.05, 0) is 25.0 Å². The van der Waals surface area contributed by atoms with Crippen LogP contribution in [-0.2, 0) is 5.41 Å². The molecule has 1 aliphatic carbocycles. The van der Waals surface area contributed by atoms with E-state index in [1.165, 1.54) is 0 Å². The van der Waals surface area contributed by atoms with Gasteiger partial charge in [-0.3, -0.25) is 4.79 Å². The van der Waals surface area contributed by atoms with E-state index in [2.05, 4.69) is 20.8 Å². The molecule has 27 heavy (non-hydrogen) atoms. The summed E-state index contributed by atoms with van der Waals surface area (Å²) in [5, 5.41) is 15.0. The Morgan fingerprint density at radius 1 is 1.22 bits per heavy atom. The Hall–Kier alpha value is -2.14. The molecule has 146 valence electrons. The zero-order chi connectivity index (χ0) is 19.6. The average Bonchev–Trinajstić information content (AvgIpc) is 3.09. The van der Waals surface area contributed by atoms with Crippen LogP contribution in [0.15, 0.2) is 36.5 Å². The van der Waals surface area contributed by atoms with Gasteiger partial charge in [0.05, 0.1) is 23.0 Å². The molecule has 1 amide bonds. The van der Waals surface area contributed by atoms with Gasteiger partial charge in [-0.25, -0.2) is 4.68 Å². The number of rotatable bonds is 4. The lowest BCUT2D eigenvalue weighted by molar-refractivity contribution is 0.0450. The molecule has 5 heteroatoms. The smallest absolute Gasteiger partial charge is 0.257 e. The highest BCUT2D eigenvalue weighted by molar-refractivity contribution is 5.95. The molecule has 1 saturated carbocycles. The Balaban J connectivity index is 1.87. The minimum atomic E-state index is -0.303. The number of aliphatic hydroxyl groups is 1. The number of para-hydroxylation sites is 1. The van der Waals surface area contributed by atoms with Crippen molar-refractivity contribution in [1.29, 1.82) is 0 Å². The highest BCUT2D eigenvalue weighted by Gasteiger charge is 2.30. The van der Waals surface area contributed by atoms with Gasteiger partial charge in [-0.1, -0.05) is 51.8 Å². The van der Waals surface area contributed by atoms with Gasteiger partial charge in [0.25, 0.3) is 5.91 Å². The summed E-state index contributed by atoms with van der Waals surface area (Å²) in [5.74, 6) is 0.134. The van der Waals surface area contributed by atoms with E-state index < -0.39 is 0 Å². The van der Waals surface area contributed by atoms with Crippen LogP contribution in [0.25, 0.3) is 5.69 Å². The molecule has 5 nitrogen and oxygen atoms in total. The predicted octanol–water partition coefficient (Wildman–Crippen LogP) is 3.79. The number of carbonyl (C=O) groups is 1. The second kappa shape index (κ2) is 7.85. The molecule has 1 N–H and O–H groups in total. The second-order valence-corrected chi connectivity index (χ2v) is 8.72. The highest BCUT2D eigenvalue weighted by Crippen LogP contribution is 2.28. The Kier molecular flexibility index (Phi) is 5.70. The highest BCUT2D eigenvalue weighted by atomic mass is 16.3. The van der Waals surface area contributed by atoms with E-state index in [1.807, 2.05) is 43.6 Å². The largest absolute Gasteiger partial charge is 0.393 e. The van der Waals surface area contributed by atoms with Gasteiger partial charge in [0, 0.05) is 31.1 Å². The fourth-order valence-corrected chi connectivity index (χ4v) is 3.84. The van der Waals surface area contributed by atoms with E-state index >= 15 is 0 Å². The van der Waals surface area contributed by atoms with Crippen LogP contribution >= 0.6 is 0 Å². The minimum Gasteiger partial charge on any atom is -0.393 e. The van der Waals surface area contributed by atoms with Crippen molar-refractivity contribution in [3.63, 3.8) is 0 Å². The standard InChI is InChI=1S/C22H31N3O2/c1-22(2,3)20-18(15-25(23-20)17-11-6-5-7-12-17)21(27)24(4)14-16-10-8-9-13-19(16)26/h5-7,11-12,15-16,19,26H,8-10,13-14H2,1-4H3/t16-,19-/m1/s1. The third-order valence-electron chi connectivity index (χ3n) is 5.40. The number of nitrogens with zero attached hydrogens (tertiary/aromatic N) is 3. The van der Waals surface area contributed by atoms with Gasteiger partial charge in [-0.2, -0.15) is 5.10 Å². The van der Waals surface area contributed by atoms with Gasteiger partial charge >= 0.3 is 0 Å². The average molecular weight is 370 g/mol. The van der Waals surface area contributed by atoms with Crippen LogP contribution in [0.1, 0.15) is 62.5 Å². The molecule has 0 unspecified atom stereocenters. The normalized spacial score (nSPS) is 20.5. The van der Waals surface area contributed by atoms with Gasteiger partial charge in [-0.15, -0.1) is 0 Å². The third-order valence-corrected chi connectivity index (χ3v) is 5.40. The molecule has 1 aromatic carbocycles. The summed E-state index contributed by atoms with van der Waals surface area (Å²) in [4.78, 5) is 15.0. The quantitative estimate of drug-likeness (QED) is 0.892. The number of hydrogen-bond donors (Lipinski definition) is 1. The molecular weight excluding hydrogens is 338 g/mol. The van der Waals surface area contributed by atoms with Crippen LogP contribution in [0.2, 0.25) is 0 Å². The Bertz CT molecular complexity index is 777. The predicted molar refractivity (Wildman–Crippen MR) is 107 cm³/mol. The topological polar surface area (TPSA) is 58.4 Å². The first-order chi connectivity index (χ1) is 12.8. The van der Waals surface area contributed by atoms with Crippen molar-refractivity contribution in [2.24, 2.45) is 5.92 Å². The van der Waals surface area contributed by atoms with Crippen molar-refractivity contribution < 1.29 is 9.90 Å². The van der Waals surface area contributed by atoms with Crippen LogP contribution in [0.5, 0.6) is 0 Å². The summed E-state index contributed by atoms with van der Waals surface area (Å²) in [5.41, 5.74) is 2.13. The van der Waals surface area contributed by atoms with E-state index in [1.54, 1.807) is 9.58 Å². The number of amides is 1. The lowest BCUT2D eigenvalue weighted by atomic mass is 9.86. The zero-order valence-corrected chi connectivity index (χ0v) is 16.9. The lowest BCUT2D eigenvalue weighted by Crippen LogP contribution is -2.38. The van der Waals surface area contributed by atoms with E-state index in [-0.39, 0.29) is 23.3 Å². The molecule has 2 atom stereocenters. The molecule has 3 rings (SSSR count). The fraction of sp³-hybridized carbons (Fsp3) is 0.545.